The van der Waals surface area contributed by atoms with Crippen LogP contribution in [0.4, 0.5) is 0 Å². The molecule has 0 aromatic rings. The fourth-order valence-electron chi connectivity index (χ4n) is 2.93. The molecule has 5 heteroatoms. The van der Waals surface area contributed by atoms with Crippen LogP contribution in [0.1, 0.15) is 54.4 Å². The van der Waals surface area contributed by atoms with Crippen molar-refractivity contribution >= 4 is 5.91 Å². The Kier molecular flexibility index (Phi) is 5.98. The average Bonchev–Trinajstić information content (AvgIpc) is 2.25. The molecule has 20 heavy (non-hydrogen) atoms. The van der Waals surface area contributed by atoms with Crippen molar-refractivity contribution in [3.05, 3.63) is 0 Å². The molecule has 5 nitrogen and oxygen atoms in total. The maximum absolute atomic E-state index is 12.4. The molecule has 2 unspecified atom stereocenters. The molecule has 1 amide bonds. The third-order valence-corrected chi connectivity index (χ3v) is 3.43. The number of nitrogens with zero attached hydrogens (tertiary/aromatic N) is 1. The SMILES string of the molecule is CC(C)N(C(=O)CC1CC(CO)OC(C)(C)O1)C(C)C. The van der Waals surface area contributed by atoms with E-state index in [-0.39, 0.29) is 36.8 Å². The predicted molar refractivity (Wildman–Crippen MR) is 77.3 cm³/mol. The van der Waals surface area contributed by atoms with Crippen molar-refractivity contribution in [1.82, 2.24) is 4.90 Å². The van der Waals surface area contributed by atoms with E-state index >= 15 is 0 Å². The van der Waals surface area contributed by atoms with Gasteiger partial charge >= 0.3 is 0 Å². The number of ether oxygens (including phenoxy) is 2. The van der Waals surface area contributed by atoms with Crippen LogP contribution in [-0.4, -0.2) is 52.6 Å². The number of carbonyl (C=O) groups is 1. The van der Waals surface area contributed by atoms with Gasteiger partial charge in [-0.3, -0.25) is 4.79 Å². The zero-order valence-corrected chi connectivity index (χ0v) is 13.5. The average molecular weight is 287 g/mol. The minimum absolute atomic E-state index is 0.0461. The van der Waals surface area contributed by atoms with Crippen LogP contribution >= 0.6 is 0 Å². The highest BCUT2D eigenvalue weighted by molar-refractivity contribution is 5.77. The van der Waals surface area contributed by atoms with Gasteiger partial charge in [-0.15, -0.1) is 0 Å². The Morgan fingerprint density at radius 2 is 1.70 bits per heavy atom. The Labute approximate surface area is 122 Å². The molecule has 1 heterocycles. The van der Waals surface area contributed by atoms with Crippen molar-refractivity contribution in [1.29, 1.82) is 0 Å². The summed E-state index contributed by atoms with van der Waals surface area (Å²) in [6.45, 7) is 11.7. The first kappa shape index (κ1) is 17.4. The molecule has 118 valence electrons. The number of carbonyl (C=O) groups excluding carboxylic acids is 1. The Bertz CT molecular complexity index is 320. The molecule has 1 aliphatic rings. The smallest absolute Gasteiger partial charge is 0.225 e. The Morgan fingerprint density at radius 1 is 1.20 bits per heavy atom. The van der Waals surface area contributed by atoms with Gasteiger partial charge in [0.25, 0.3) is 0 Å². The van der Waals surface area contributed by atoms with Gasteiger partial charge in [-0.2, -0.15) is 0 Å². The highest BCUT2D eigenvalue weighted by atomic mass is 16.7. The Morgan fingerprint density at radius 3 is 2.15 bits per heavy atom. The zero-order chi connectivity index (χ0) is 15.5. The summed E-state index contributed by atoms with van der Waals surface area (Å²) in [5, 5.41) is 9.28. The number of hydrogen-bond donors (Lipinski definition) is 1. The second-order valence-corrected chi connectivity index (χ2v) is 6.49. The standard InChI is InChI=1S/C15H29NO4/c1-10(2)16(11(3)4)14(18)8-12-7-13(9-17)20-15(5,6)19-12/h10-13,17H,7-9H2,1-6H3. The Balaban J connectivity index is 2.69. The largest absolute Gasteiger partial charge is 0.394 e. The summed E-state index contributed by atoms with van der Waals surface area (Å²) >= 11 is 0. The third kappa shape index (κ3) is 4.72. The maximum atomic E-state index is 12.4. The minimum atomic E-state index is -0.753. The lowest BCUT2D eigenvalue weighted by Gasteiger charge is -2.41. The molecule has 0 aromatic carbocycles. The number of aliphatic hydroxyl groups is 1. The predicted octanol–water partition coefficient (Wildman–Crippen LogP) is 1.92. The van der Waals surface area contributed by atoms with Crippen LogP contribution in [0, 0.1) is 0 Å². The summed E-state index contributed by atoms with van der Waals surface area (Å²) in [7, 11) is 0. The molecule has 0 spiro atoms. The van der Waals surface area contributed by atoms with Crippen LogP contribution in [-0.2, 0) is 14.3 Å². The number of hydrogen-bond acceptors (Lipinski definition) is 4. The molecule has 1 aliphatic heterocycles. The summed E-state index contributed by atoms with van der Waals surface area (Å²) in [5.41, 5.74) is 0. The van der Waals surface area contributed by atoms with Gasteiger partial charge in [-0.1, -0.05) is 0 Å². The van der Waals surface area contributed by atoms with Crippen molar-refractivity contribution in [3.8, 4) is 0 Å². The molecule has 1 saturated heterocycles. The molecular weight excluding hydrogens is 258 g/mol. The summed E-state index contributed by atoms with van der Waals surface area (Å²) in [6.07, 6.45) is 0.418. The van der Waals surface area contributed by atoms with Gasteiger partial charge in [0.1, 0.15) is 0 Å². The lowest BCUT2D eigenvalue weighted by atomic mass is 10.0. The highest BCUT2D eigenvalue weighted by Crippen LogP contribution is 2.28. The summed E-state index contributed by atoms with van der Waals surface area (Å²) < 4.78 is 11.4. The van der Waals surface area contributed by atoms with E-state index in [1.165, 1.54) is 0 Å². The first-order valence-electron chi connectivity index (χ1n) is 7.44. The van der Waals surface area contributed by atoms with Crippen LogP contribution in [0.15, 0.2) is 0 Å². The minimum Gasteiger partial charge on any atom is -0.394 e. The monoisotopic (exact) mass is 287 g/mol. The summed E-state index contributed by atoms with van der Waals surface area (Å²) in [4.78, 5) is 14.3. The van der Waals surface area contributed by atoms with E-state index in [9.17, 15) is 9.90 Å². The normalized spacial score (nSPS) is 26.1. The van der Waals surface area contributed by atoms with Crippen molar-refractivity contribution in [2.45, 2.75) is 84.5 Å². The molecule has 1 rings (SSSR count). The summed E-state index contributed by atoms with van der Waals surface area (Å²) in [5.74, 6) is -0.661. The second-order valence-electron chi connectivity index (χ2n) is 6.49. The van der Waals surface area contributed by atoms with Gasteiger partial charge in [0.2, 0.25) is 5.91 Å². The van der Waals surface area contributed by atoms with E-state index in [1.54, 1.807) is 0 Å². The van der Waals surface area contributed by atoms with E-state index in [1.807, 2.05) is 46.4 Å². The van der Waals surface area contributed by atoms with Gasteiger partial charge in [-0.25, -0.2) is 0 Å². The Hall–Kier alpha value is -0.650. The molecule has 0 radical (unpaired) electrons. The fraction of sp³-hybridized carbons (Fsp3) is 0.933. The number of amides is 1. The molecule has 0 saturated carbocycles. The zero-order valence-electron chi connectivity index (χ0n) is 13.5. The second kappa shape index (κ2) is 6.87. The quantitative estimate of drug-likeness (QED) is 0.839. The van der Waals surface area contributed by atoms with E-state index in [0.29, 0.717) is 12.8 Å². The molecule has 2 atom stereocenters. The highest BCUT2D eigenvalue weighted by Gasteiger charge is 2.37. The van der Waals surface area contributed by atoms with Gasteiger partial charge in [0.05, 0.1) is 25.2 Å². The van der Waals surface area contributed by atoms with E-state index < -0.39 is 5.79 Å². The van der Waals surface area contributed by atoms with Crippen LogP contribution in [0.3, 0.4) is 0 Å². The molecule has 0 aliphatic carbocycles. The van der Waals surface area contributed by atoms with Crippen molar-refractivity contribution in [3.63, 3.8) is 0 Å². The third-order valence-electron chi connectivity index (χ3n) is 3.43. The lowest BCUT2D eigenvalue weighted by molar-refractivity contribution is -0.303. The fourth-order valence-corrected chi connectivity index (χ4v) is 2.93. The van der Waals surface area contributed by atoms with Crippen LogP contribution in [0.25, 0.3) is 0 Å². The van der Waals surface area contributed by atoms with E-state index in [0.717, 1.165) is 0 Å². The van der Waals surface area contributed by atoms with Crippen molar-refractivity contribution < 1.29 is 19.4 Å². The molecule has 0 aromatic heterocycles. The van der Waals surface area contributed by atoms with Crippen molar-refractivity contribution in [2.75, 3.05) is 6.61 Å². The lowest BCUT2D eigenvalue weighted by Crippen LogP contribution is -2.49. The first-order valence-corrected chi connectivity index (χ1v) is 7.44. The maximum Gasteiger partial charge on any atom is 0.225 e. The van der Waals surface area contributed by atoms with Crippen LogP contribution in [0.5, 0.6) is 0 Å². The number of rotatable bonds is 5. The van der Waals surface area contributed by atoms with Crippen LogP contribution in [0.2, 0.25) is 0 Å². The molecular formula is C15H29NO4. The summed E-state index contributed by atoms with van der Waals surface area (Å²) in [6, 6.07) is 0.341. The van der Waals surface area contributed by atoms with E-state index in [2.05, 4.69) is 0 Å². The molecule has 1 N–H and O–H groups in total. The van der Waals surface area contributed by atoms with Gasteiger partial charge < -0.3 is 19.5 Å². The van der Waals surface area contributed by atoms with Gasteiger partial charge in [0.15, 0.2) is 5.79 Å². The van der Waals surface area contributed by atoms with E-state index in [4.69, 9.17) is 9.47 Å². The molecule has 1 fully saturated rings. The molecule has 0 bridgehead atoms. The first-order chi connectivity index (χ1) is 9.16. The van der Waals surface area contributed by atoms with Gasteiger partial charge in [0, 0.05) is 18.5 Å². The number of aliphatic hydroxyl groups excluding tert-OH is 1. The van der Waals surface area contributed by atoms with Crippen molar-refractivity contribution in [2.24, 2.45) is 0 Å². The van der Waals surface area contributed by atoms with Gasteiger partial charge in [-0.05, 0) is 41.5 Å². The van der Waals surface area contributed by atoms with Crippen LogP contribution < -0.4 is 0 Å². The topological polar surface area (TPSA) is 59.0 Å².